The first-order chi connectivity index (χ1) is 11.1. The number of benzene rings is 2. The lowest BCUT2D eigenvalue weighted by Gasteiger charge is -2.12. The van der Waals surface area contributed by atoms with E-state index < -0.39 is 5.97 Å². The van der Waals surface area contributed by atoms with Gasteiger partial charge in [0.05, 0.1) is 13.7 Å². The molecule has 0 saturated heterocycles. The first-order valence-corrected chi connectivity index (χ1v) is 7.46. The standard InChI is InChI=1S/C19H20O4/c1-3-11-23-17-9-8-16(13-18(17)22-2)15-6-4-5-14(12-15)7-10-19(20)21/h4-10,12-13H,3,11H2,1-2H3,(H,20,21)/b10-7+. The molecule has 0 aliphatic carbocycles. The van der Waals surface area contributed by atoms with Gasteiger partial charge in [-0.2, -0.15) is 0 Å². The number of carboxylic acid groups (broad SMARTS) is 1. The quantitative estimate of drug-likeness (QED) is 0.777. The van der Waals surface area contributed by atoms with Gasteiger partial charge in [-0.3, -0.25) is 0 Å². The van der Waals surface area contributed by atoms with Crippen molar-refractivity contribution >= 4 is 12.0 Å². The Balaban J connectivity index is 2.31. The van der Waals surface area contributed by atoms with Crippen molar-refractivity contribution in [1.29, 1.82) is 0 Å². The molecule has 0 aliphatic heterocycles. The normalized spacial score (nSPS) is 10.7. The second-order valence-electron chi connectivity index (χ2n) is 5.01. The van der Waals surface area contributed by atoms with Gasteiger partial charge in [0, 0.05) is 6.08 Å². The molecule has 0 amide bonds. The molecule has 4 nitrogen and oxygen atoms in total. The van der Waals surface area contributed by atoms with E-state index in [0.29, 0.717) is 12.4 Å². The Morgan fingerprint density at radius 3 is 2.61 bits per heavy atom. The van der Waals surface area contributed by atoms with E-state index in [1.165, 1.54) is 0 Å². The summed E-state index contributed by atoms with van der Waals surface area (Å²) in [7, 11) is 1.62. The lowest BCUT2D eigenvalue weighted by molar-refractivity contribution is -0.131. The van der Waals surface area contributed by atoms with Gasteiger partial charge in [0.1, 0.15) is 0 Å². The van der Waals surface area contributed by atoms with Crippen LogP contribution in [-0.4, -0.2) is 24.8 Å². The fourth-order valence-electron chi connectivity index (χ4n) is 2.17. The summed E-state index contributed by atoms with van der Waals surface area (Å²) >= 11 is 0. The van der Waals surface area contributed by atoms with E-state index in [-0.39, 0.29) is 0 Å². The van der Waals surface area contributed by atoms with Crippen LogP contribution in [0.2, 0.25) is 0 Å². The largest absolute Gasteiger partial charge is 0.493 e. The van der Waals surface area contributed by atoms with Crippen molar-refractivity contribution in [3.8, 4) is 22.6 Å². The van der Waals surface area contributed by atoms with E-state index in [0.717, 1.165) is 34.9 Å². The minimum absolute atomic E-state index is 0.644. The smallest absolute Gasteiger partial charge is 0.328 e. The fourth-order valence-corrected chi connectivity index (χ4v) is 2.17. The van der Waals surface area contributed by atoms with Gasteiger partial charge in [-0.1, -0.05) is 31.2 Å². The van der Waals surface area contributed by atoms with Gasteiger partial charge in [-0.25, -0.2) is 4.79 Å². The Bertz CT molecular complexity index is 704. The van der Waals surface area contributed by atoms with Crippen molar-refractivity contribution < 1.29 is 19.4 Å². The Hall–Kier alpha value is -2.75. The first-order valence-electron chi connectivity index (χ1n) is 7.46. The van der Waals surface area contributed by atoms with Crippen LogP contribution in [0.3, 0.4) is 0 Å². The van der Waals surface area contributed by atoms with Gasteiger partial charge in [-0.15, -0.1) is 0 Å². The number of hydrogen-bond acceptors (Lipinski definition) is 3. The average Bonchev–Trinajstić information content (AvgIpc) is 2.58. The maximum absolute atomic E-state index is 10.6. The fraction of sp³-hybridized carbons (Fsp3) is 0.211. The third-order valence-electron chi connectivity index (χ3n) is 3.26. The summed E-state index contributed by atoms with van der Waals surface area (Å²) in [6.07, 6.45) is 3.63. The maximum Gasteiger partial charge on any atom is 0.328 e. The van der Waals surface area contributed by atoms with E-state index in [1.807, 2.05) is 42.5 Å². The van der Waals surface area contributed by atoms with Crippen molar-refractivity contribution in [3.63, 3.8) is 0 Å². The molecule has 0 aromatic heterocycles. The predicted molar refractivity (Wildman–Crippen MR) is 90.9 cm³/mol. The zero-order valence-electron chi connectivity index (χ0n) is 13.3. The van der Waals surface area contributed by atoms with Gasteiger partial charge in [0.2, 0.25) is 0 Å². The van der Waals surface area contributed by atoms with Gasteiger partial charge in [-0.05, 0) is 47.4 Å². The van der Waals surface area contributed by atoms with E-state index in [1.54, 1.807) is 13.2 Å². The molecular formula is C19H20O4. The Morgan fingerprint density at radius 1 is 1.13 bits per heavy atom. The number of rotatable bonds is 7. The minimum atomic E-state index is -0.963. The highest BCUT2D eigenvalue weighted by atomic mass is 16.5. The lowest BCUT2D eigenvalue weighted by atomic mass is 10.0. The second-order valence-corrected chi connectivity index (χ2v) is 5.01. The molecule has 2 aromatic carbocycles. The first kappa shape index (κ1) is 16.6. The van der Waals surface area contributed by atoms with E-state index in [4.69, 9.17) is 14.6 Å². The molecule has 0 atom stereocenters. The van der Waals surface area contributed by atoms with Crippen molar-refractivity contribution in [2.75, 3.05) is 13.7 Å². The summed E-state index contributed by atoms with van der Waals surface area (Å²) < 4.78 is 11.1. The number of aliphatic carboxylic acids is 1. The van der Waals surface area contributed by atoms with E-state index in [9.17, 15) is 4.79 Å². The third-order valence-corrected chi connectivity index (χ3v) is 3.26. The Kier molecular flexibility index (Phi) is 5.80. The summed E-state index contributed by atoms with van der Waals surface area (Å²) in [6, 6.07) is 13.4. The van der Waals surface area contributed by atoms with Gasteiger partial charge < -0.3 is 14.6 Å². The van der Waals surface area contributed by atoms with Crippen molar-refractivity contribution in [3.05, 3.63) is 54.1 Å². The van der Waals surface area contributed by atoms with Crippen LogP contribution in [0, 0.1) is 0 Å². The summed E-state index contributed by atoms with van der Waals surface area (Å²) in [6.45, 7) is 2.70. The summed E-state index contributed by atoms with van der Waals surface area (Å²) in [5.74, 6) is 0.442. The summed E-state index contributed by atoms with van der Waals surface area (Å²) in [5.41, 5.74) is 2.80. The molecule has 0 saturated carbocycles. The highest BCUT2D eigenvalue weighted by Crippen LogP contribution is 2.33. The van der Waals surface area contributed by atoms with Crippen LogP contribution < -0.4 is 9.47 Å². The molecule has 0 heterocycles. The van der Waals surface area contributed by atoms with Gasteiger partial charge in [0.15, 0.2) is 11.5 Å². The van der Waals surface area contributed by atoms with E-state index >= 15 is 0 Å². The van der Waals surface area contributed by atoms with Crippen LogP contribution in [0.15, 0.2) is 48.5 Å². The van der Waals surface area contributed by atoms with Crippen molar-refractivity contribution in [2.24, 2.45) is 0 Å². The predicted octanol–water partition coefficient (Wildman–Crippen LogP) is 4.25. The molecule has 120 valence electrons. The Labute approximate surface area is 136 Å². The molecule has 0 spiro atoms. The SMILES string of the molecule is CCCOc1ccc(-c2cccc(/C=C/C(=O)O)c2)cc1OC. The highest BCUT2D eigenvalue weighted by Gasteiger charge is 2.07. The number of hydrogen-bond donors (Lipinski definition) is 1. The molecule has 4 heteroatoms. The monoisotopic (exact) mass is 312 g/mol. The third kappa shape index (κ3) is 4.61. The molecule has 0 radical (unpaired) electrons. The van der Waals surface area contributed by atoms with Crippen LogP contribution in [-0.2, 0) is 4.79 Å². The molecular weight excluding hydrogens is 292 g/mol. The highest BCUT2D eigenvalue weighted by molar-refractivity contribution is 5.85. The van der Waals surface area contributed by atoms with Gasteiger partial charge in [0.25, 0.3) is 0 Å². The topological polar surface area (TPSA) is 55.8 Å². The number of carboxylic acids is 1. The number of carbonyl (C=O) groups is 1. The molecule has 23 heavy (non-hydrogen) atoms. The average molecular weight is 312 g/mol. The van der Waals surface area contributed by atoms with Crippen LogP contribution in [0.1, 0.15) is 18.9 Å². The molecule has 0 aliphatic rings. The number of methoxy groups -OCH3 is 1. The second kappa shape index (κ2) is 8.03. The molecule has 0 unspecified atom stereocenters. The number of ether oxygens (including phenoxy) is 2. The van der Waals surface area contributed by atoms with Crippen LogP contribution in [0.25, 0.3) is 17.2 Å². The molecule has 2 aromatic rings. The lowest BCUT2D eigenvalue weighted by Crippen LogP contribution is -1.97. The molecule has 1 N–H and O–H groups in total. The maximum atomic E-state index is 10.6. The minimum Gasteiger partial charge on any atom is -0.493 e. The molecule has 0 fully saturated rings. The van der Waals surface area contributed by atoms with Crippen LogP contribution >= 0.6 is 0 Å². The molecule has 0 bridgehead atoms. The van der Waals surface area contributed by atoms with Crippen molar-refractivity contribution in [2.45, 2.75) is 13.3 Å². The van der Waals surface area contributed by atoms with Crippen molar-refractivity contribution in [1.82, 2.24) is 0 Å². The van der Waals surface area contributed by atoms with E-state index in [2.05, 4.69) is 6.92 Å². The molecule has 2 rings (SSSR count). The van der Waals surface area contributed by atoms with Gasteiger partial charge >= 0.3 is 5.97 Å². The zero-order chi connectivity index (χ0) is 16.7. The summed E-state index contributed by atoms with van der Waals surface area (Å²) in [4.78, 5) is 10.6. The Morgan fingerprint density at radius 2 is 1.91 bits per heavy atom. The summed E-state index contributed by atoms with van der Waals surface area (Å²) in [5, 5.41) is 8.71. The zero-order valence-corrected chi connectivity index (χ0v) is 13.3. The van der Waals surface area contributed by atoms with Crippen LogP contribution in [0.4, 0.5) is 0 Å². The van der Waals surface area contributed by atoms with Crippen LogP contribution in [0.5, 0.6) is 11.5 Å².